The molecule has 1 heterocycles. The van der Waals surface area contributed by atoms with Crippen LogP contribution >= 0.6 is 11.8 Å². The number of methoxy groups -OCH3 is 1. The molecule has 0 aromatic heterocycles. The Bertz CT molecular complexity index is 583. The van der Waals surface area contributed by atoms with Crippen LogP contribution in [-0.4, -0.2) is 69.8 Å². The van der Waals surface area contributed by atoms with Gasteiger partial charge in [-0.1, -0.05) is 32.5 Å². The first-order chi connectivity index (χ1) is 12.0. The first-order valence-corrected chi connectivity index (χ1v) is 9.17. The van der Waals surface area contributed by atoms with Gasteiger partial charge in [0.05, 0.1) is 25.2 Å². The number of amides is 2. The fourth-order valence-corrected chi connectivity index (χ4v) is 3.90. The predicted molar refractivity (Wildman–Crippen MR) is 94.0 cm³/mol. The average molecular weight is 390 g/mol. The highest BCUT2D eigenvalue weighted by Gasteiger charge is 2.60. The Morgan fingerprint density at radius 3 is 2.35 bits per heavy atom. The number of nitrogens with one attached hydrogen (secondary N) is 2. The van der Waals surface area contributed by atoms with E-state index in [0.29, 0.717) is 11.8 Å². The molecule has 0 aromatic rings. The third kappa shape index (κ3) is 4.36. The Labute approximate surface area is 156 Å². The molecule has 5 atom stereocenters. The Hall–Kier alpha value is -1.65. The minimum Gasteiger partial charge on any atom is -0.467 e. The molecule has 0 bridgehead atoms. The number of ether oxygens (including phenoxy) is 1. The minimum atomic E-state index is -1.88. The van der Waals surface area contributed by atoms with Crippen molar-refractivity contribution in [3.05, 3.63) is 0 Å². The zero-order valence-electron chi connectivity index (χ0n) is 15.4. The highest BCUT2D eigenvalue weighted by molar-refractivity contribution is 8.13. The second-order valence-electron chi connectivity index (χ2n) is 6.66. The number of hydrogen-bond acceptors (Lipinski definition) is 8. The smallest absolute Gasteiger partial charge is 0.329 e. The standard InChI is InChI=1S/C16H26N2O7S/c1-7(2)11(20)16(12(21)8(3)13(22)18-16)15(24)26-6-10(14(23)25-5)17-9(4)19/h7-8,10-12,20-21H,6H2,1-5H3,(H,17,19)(H,18,22)/t8-,10+,11+,12+,16-/m1/s1. The van der Waals surface area contributed by atoms with Crippen molar-refractivity contribution in [2.75, 3.05) is 12.9 Å². The predicted octanol–water partition coefficient (Wildman–Crippen LogP) is -1.19. The summed E-state index contributed by atoms with van der Waals surface area (Å²) in [6, 6.07) is -1.08. The van der Waals surface area contributed by atoms with Gasteiger partial charge < -0.3 is 25.6 Å². The maximum Gasteiger partial charge on any atom is 0.329 e. The molecule has 1 aliphatic heterocycles. The van der Waals surface area contributed by atoms with Crippen LogP contribution < -0.4 is 10.6 Å². The molecule has 1 rings (SSSR count). The second kappa shape index (κ2) is 8.83. The van der Waals surface area contributed by atoms with Gasteiger partial charge in [0, 0.05) is 12.7 Å². The van der Waals surface area contributed by atoms with Crippen LogP contribution in [0.4, 0.5) is 0 Å². The highest BCUT2D eigenvalue weighted by atomic mass is 32.2. The van der Waals surface area contributed by atoms with E-state index >= 15 is 0 Å². The molecule has 0 aliphatic carbocycles. The third-order valence-corrected chi connectivity index (χ3v) is 5.46. The Morgan fingerprint density at radius 1 is 1.38 bits per heavy atom. The molecule has 0 saturated carbocycles. The molecule has 1 saturated heterocycles. The zero-order chi connectivity index (χ0) is 20.2. The number of aliphatic hydroxyl groups is 2. The second-order valence-corrected chi connectivity index (χ2v) is 7.65. The average Bonchev–Trinajstić information content (AvgIpc) is 2.81. The molecule has 0 spiro atoms. The highest BCUT2D eigenvalue weighted by Crippen LogP contribution is 2.36. The number of rotatable bonds is 7. The van der Waals surface area contributed by atoms with E-state index in [9.17, 15) is 29.4 Å². The van der Waals surface area contributed by atoms with Gasteiger partial charge in [0.1, 0.15) is 6.04 Å². The molecule has 148 valence electrons. The molecule has 0 radical (unpaired) electrons. The van der Waals surface area contributed by atoms with Crippen molar-refractivity contribution in [3.63, 3.8) is 0 Å². The van der Waals surface area contributed by atoms with E-state index in [1.807, 2.05) is 0 Å². The van der Waals surface area contributed by atoms with E-state index in [2.05, 4.69) is 15.4 Å². The summed E-state index contributed by atoms with van der Waals surface area (Å²) in [5, 5.41) is 25.2. The monoisotopic (exact) mass is 390 g/mol. The number of hydrogen-bond donors (Lipinski definition) is 4. The fraction of sp³-hybridized carbons (Fsp3) is 0.750. The van der Waals surface area contributed by atoms with E-state index in [-0.39, 0.29) is 5.75 Å². The van der Waals surface area contributed by atoms with Crippen LogP contribution in [0.5, 0.6) is 0 Å². The Kier molecular flexibility index (Phi) is 7.60. The first kappa shape index (κ1) is 22.4. The normalized spacial score (nSPS) is 27.6. The number of aliphatic hydroxyl groups excluding tert-OH is 2. The SMILES string of the molecule is COC(=O)[C@H](CSC(=O)[C@]1([C@@H](O)C(C)C)NC(=O)[C@H](C)[C@@H]1O)NC(C)=O. The van der Waals surface area contributed by atoms with Crippen molar-refractivity contribution in [3.8, 4) is 0 Å². The molecule has 0 aromatic carbocycles. The summed E-state index contributed by atoms with van der Waals surface area (Å²) >= 11 is 0.631. The fourth-order valence-electron chi connectivity index (χ4n) is 2.83. The van der Waals surface area contributed by atoms with Gasteiger partial charge in [-0.3, -0.25) is 14.4 Å². The maximum absolute atomic E-state index is 12.9. The lowest BCUT2D eigenvalue weighted by molar-refractivity contribution is -0.144. The largest absolute Gasteiger partial charge is 0.467 e. The van der Waals surface area contributed by atoms with E-state index < -0.39 is 58.5 Å². The molecule has 1 aliphatic rings. The summed E-state index contributed by atoms with van der Waals surface area (Å²) in [7, 11) is 1.15. The van der Waals surface area contributed by atoms with Crippen LogP contribution in [0.2, 0.25) is 0 Å². The van der Waals surface area contributed by atoms with Gasteiger partial charge >= 0.3 is 5.97 Å². The molecular weight excluding hydrogens is 364 g/mol. The van der Waals surface area contributed by atoms with Crippen molar-refractivity contribution >= 4 is 34.7 Å². The van der Waals surface area contributed by atoms with Gasteiger partial charge in [0.15, 0.2) is 5.54 Å². The Balaban J connectivity index is 3.05. The number of esters is 1. The summed E-state index contributed by atoms with van der Waals surface area (Å²) in [4.78, 5) is 47.8. The molecule has 10 heteroatoms. The summed E-state index contributed by atoms with van der Waals surface area (Å²) in [5.41, 5.74) is -1.88. The third-order valence-electron chi connectivity index (χ3n) is 4.36. The van der Waals surface area contributed by atoms with Gasteiger partial charge in [-0.15, -0.1) is 0 Å². The van der Waals surface area contributed by atoms with Crippen molar-refractivity contribution in [1.82, 2.24) is 10.6 Å². The van der Waals surface area contributed by atoms with Crippen LogP contribution in [0.15, 0.2) is 0 Å². The first-order valence-electron chi connectivity index (χ1n) is 8.19. The van der Waals surface area contributed by atoms with Crippen molar-refractivity contribution in [2.45, 2.75) is 51.5 Å². The van der Waals surface area contributed by atoms with Crippen LogP contribution in [0.3, 0.4) is 0 Å². The van der Waals surface area contributed by atoms with Gasteiger partial charge in [0.25, 0.3) is 0 Å². The zero-order valence-corrected chi connectivity index (χ0v) is 16.3. The Morgan fingerprint density at radius 2 is 1.96 bits per heavy atom. The molecule has 9 nitrogen and oxygen atoms in total. The summed E-state index contributed by atoms with van der Waals surface area (Å²) in [6.07, 6.45) is -2.76. The van der Waals surface area contributed by atoms with Gasteiger partial charge in [-0.2, -0.15) is 0 Å². The van der Waals surface area contributed by atoms with Crippen molar-refractivity contribution in [1.29, 1.82) is 0 Å². The van der Waals surface area contributed by atoms with Crippen LogP contribution in [-0.2, 0) is 23.9 Å². The van der Waals surface area contributed by atoms with E-state index in [0.717, 1.165) is 7.11 Å². The molecule has 26 heavy (non-hydrogen) atoms. The van der Waals surface area contributed by atoms with E-state index in [1.165, 1.54) is 13.8 Å². The molecular formula is C16H26N2O7S. The summed E-state index contributed by atoms with van der Waals surface area (Å²) in [6.45, 7) is 5.98. The lowest BCUT2D eigenvalue weighted by atomic mass is 9.81. The molecule has 1 fully saturated rings. The van der Waals surface area contributed by atoms with Crippen LogP contribution in [0.25, 0.3) is 0 Å². The van der Waals surface area contributed by atoms with Crippen LogP contribution in [0.1, 0.15) is 27.7 Å². The summed E-state index contributed by atoms with van der Waals surface area (Å²) in [5.74, 6) is -3.23. The molecule has 0 unspecified atom stereocenters. The van der Waals surface area contributed by atoms with Gasteiger partial charge in [0.2, 0.25) is 16.9 Å². The van der Waals surface area contributed by atoms with E-state index in [1.54, 1.807) is 13.8 Å². The quantitative estimate of drug-likeness (QED) is 0.397. The van der Waals surface area contributed by atoms with Gasteiger partial charge in [-0.25, -0.2) is 4.79 Å². The van der Waals surface area contributed by atoms with Crippen molar-refractivity contribution < 1.29 is 34.1 Å². The lowest BCUT2D eigenvalue weighted by Crippen LogP contribution is -2.64. The minimum absolute atomic E-state index is 0.172. The molecule has 2 amide bonds. The van der Waals surface area contributed by atoms with Crippen LogP contribution in [0, 0.1) is 11.8 Å². The molecule has 4 N–H and O–H groups in total. The summed E-state index contributed by atoms with van der Waals surface area (Å²) < 4.78 is 4.59. The number of carbonyl (C=O) groups excluding carboxylic acids is 4. The van der Waals surface area contributed by atoms with Crippen molar-refractivity contribution in [2.24, 2.45) is 11.8 Å². The lowest BCUT2D eigenvalue weighted by Gasteiger charge is -2.37. The maximum atomic E-state index is 12.9. The number of carbonyl (C=O) groups is 4. The number of thioether (sulfide) groups is 1. The van der Waals surface area contributed by atoms with E-state index in [4.69, 9.17) is 0 Å². The topological polar surface area (TPSA) is 142 Å². The van der Waals surface area contributed by atoms with Gasteiger partial charge in [-0.05, 0) is 5.92 Å².